The molecule has 0 N–H and O–H groups in total. The van der Waals surface area contributed by atoms with Gasteiger partial charge in [-0.25, -0.2) is 9.37 Å². The van der Waals surface area contributed by atoms with Crippen LogP contribution in [0.3, 0.4) is 0 Å². The maximum atomic E-state index is 15.3. The number of rotatable bonds is 8. The van der Waals surface area contributed by atoms with Crippen LogP contribution in [0.15, 0.2) is 176 Å². The van der Waals surface area contributed by atoms with E-state index in [4.69, 9.17) is 15.2 Å². The zero-order valence-corrected chi connectivity index (χ0v) is 35.4. The Bertz CT molecular complexity index is 3090. The normalized spacial score (nSPS) is 11.5. The van der Waals surface area contributed by atoms with Crippen LogP contribution in [0.1, 0.15) is 38.9 Å². The number of anilines is 3. The zero-order chi connectivity index (χ0) is 40.1. The Labute approximate surface area is 363 Å². The molecule has 0 bridgehead atoms. The van der Waals surface area contributed by atoms with Crippen LogP contribution in [0, 0.1) is 38.7 Å². The molecule has 10 aromatic rings. The van der Waals surface area contributed by atoms with Crippen LogP contribution in [0.2, 0.25) is 0 Å². The molecule has 0 atom stereocenters. The van der Waals surface area contributed by atoms with E-state index in [0.29, 0.717) is 11.5 Å². The zero-order valence-electron chi connectivity index (χ0n) is 33.2. The Hall–Kier alpha value is -6.75. The molecule has 10 rings (SSSR count). The van der Waals surface area contributed by atoms with E-state index < -0.39 is 5.41 Å². The van der Waals surface area contributed by atoms with E-state index in [1.54, 1.807) is 6.07 Å². The van der Waals surface area contributed by atoms with Crippen LogP contribution in [0.25, 0.3) is 38.7 Å². The molecule has 3 heterocycles. The molecular weight excluding hydrogens is 921 g/mol. The van der Waals surface area contributed by atoms with Gasteiger partial charge in [0.25, 0.3) is 0 Å². The van der Waals surface area contributed by atoms with Crippen LogP contribution < -0.4 is 4.90 Å². The summed E-state index contributed by atoms with van der Waals surface area (Å²) >= 11 is 0. The quantitative estimate of drug-likeness (QED) is 0.0865. The van der Waals surface area contributed by atoms with E-state index in [0.717, 1.165) is 83.4 Å². The van der Waals surface area contributed by atoms with E-state index in [9.17, 15) is 0 Å². The second kappa shape index (κ2) is 15.8. The maximum Gasteiger partial charge on any atom is 2.00 e. The van der Waals surface area contributed by atoms with Crippen LogP contribution >= 0.6 is 0 Å². The minimum absolute atomic E-state index is 0. The molecular formula is C53H38FN5Pt. The molecule has 0 fully saturated rings. The molecule has 7 aromatic carbocycles. The topological polar surface area (TPSA) is 46.3 Å². The average Bonchev–Trinajstić information content (AvgIpc) is 3.71. The molecule has 7 heteroatoms. The summed E-state index contributed by atoms with van der Waals surface area (Å²) in [4.78, 5) is 7.03. The Balaban J connectivity index is 0.00000462. The fourth-order valence-corrected chi connectivity index (χ4v) is 8.72. The van der Waals surface area contributed by atoms with Gasteiger partial charge in [0, 0.05) is 28.4 Å². The van der Waals surface area contributed by atoms with Gasteiger partial charge in [0.15, 0.2) is 5.82 Å². The van der Waals surface area contributed by atoms with E-state index in [2.05, 4.69) is 151 Å². The number of pyridine rings is 2. The summed E-state index contributed by atoms with van der Waals surface area (Å²) < 4.78 is 17.3. The van der Waals surface area contributed by atoms with Crippen molar-refractivity contribution in [3.8, 4) is 11.4 Å². The van der Waals surface area contributed by atoms with Crippen molar-refractivity contribution in [3.63, 3.8) is 0 Å². The van der Waals surface area contributed by atoms with Crippen molar-refractivity contribution in [3.05, 3.63) is 233 Å². The van der Waals surface area contributed by atoms with Crippen molar-refractivity contribution in [2.24, 2.45) is 0 Å². The Morgan fingerprint density at radius 1 is 0.600 bits per heavy atom. The second-order valence-electron chi connectivity index (χ2n) is 15.1. The molecule has 0 radical (unpaired) electrons. The van der Waals surface area contributed by atoms with Gasteiger partial charge in [-0.2, -0.15) is 23.3 Å². The molecule has 5 nitrogen and oxygen atoms in total. The van der Waals surface area contributed by atoms with Gasteiger partial charge in [-0.3, -0.25) is 0 Å². The first-order valence-corrected chi connectivity index (χ1v) is 19.7. The predicted octanol–water partition coefficient (Wildman–Crippen LogP) is 12.6. The number of benzene rings is 7. The molecule has 0 unspecified atom stereocenters. The van der Waals surface area contributed by atoms with E-state index >= 15 is 4.39 Å². The third-order valence-corrected chi connectivity index (χ3v) is 11.4. The van der Waals surface area contributed by atoms with Crippen LogP contribution in [0.4, 0.5) is 21.6 Å². The summed E-state index contributed by atoms with van der Waals surface area (Å²) in [6.07, 6.45) is 1.89. The van der Waals surface area contributed by atoms with Crippen molar-refractivity contribution in [1.82, 2.24) is 19.6 Å². The third-order valence-electron chi connectivity index (χ3n) is 11.4. The van der Waals surface area contributed by atoms with Gasteiger partial charge in [0.05, 0.1) is 5.65 Å². The molecule has 3 aromatic heterocycles. The maximum absolute atomic E-state index is 15.3. The molecule has 60 heavy (non-hydrogen) atoms. The van der Waals surface area contributed by atoms with Gasteiger partial charge in [-0.15, -0.1) is 40.5 Å². The first-order valence-electron chi connectivity index (χ1n) is 19.7. The Morgan fingerprint density at radius 3 is 1.92 bits per heavy atom. The van der Waals surface area contributed by atoms with E-state index in [1.807, 2.05) is 55.6 Å². The monoisotopic (exact) mass is 958 g/mol. The summed E-state index contributed by atoms with van der Waals surface area (Å²) in [5, 5.41) is 12.1. The third kappa shape index (κ3) is 6.39. The fraction of sp³-hybridized carbons (Fsp3) is 0.0755. The van der Waals surface area contributed by atoms with Gasteiger partial charge in [0.2, 0.25) is 0 Å². The molecule has 0 aliphatic heterocycles. The van der Waals surface area contributed by atoms with Gasteiger partial charge in [0.1, 0.15) is 11.6 Å². The number of hydrogen-bond donors (Lipinski definition) is 0. The smallest absolute Gasteiger partial charge is 0.319 e. The largest absolute Gasteiger partial charge is 2.00 e. The van der Waals surface area contributed by atoms with Crippen LogP contribution in [-0.2, 0) is 26.5 Å². The second-order valence-corrected chi connectivity index (χ2v) is 15.1. The molecule has 0 aliphatic rings. The SMILES string of the molecule is Cc1ccc(N(c2[c-]c(C(c3[c-]c4c(cc3)c3cc(F)ccc3n3c(-c5c(C)cccc5C)nnc43)(c3ccccc3)c3ccccc3)ccc2)c2ccccc2)nc1.[Pt+2]. The summed E-state index contributed by atoms with van der Waals surface area (Å²) in [5.41, 5.74) is 10.5. The number of aryl methyl sites for hydroxylation is 3. The van der Waals surface area contributed by atoms with Gasteiger partial charge >= 0.3 is 21.1 Å². The summed E-state index contributed by atoms with van der Waals surface area (Å²) in [7, 11) is 0. The number of aromatic nitrogens is 4. The predicted molar refractivity (Wildman–Crippen MR) is 236 cm³/mol. The van der Waals surface area contributed by atoms with Crippen molar-refractivity contribution in [1.29, 1.82) is 0 Å². The first-order chi connectivity index (χ1) is 28.9. The molecule has 0 aliphatic carbocycles. The molecule has 0 saturated heterocycles. The molecule has 292 valence electrons. The Morgan fingerprint density at radius 2 is 1.25 bits per heavy atom. The first kappa shape index (κ1) is 38.7. The van der Waals surface area contributed by atoms with Crippen LogP contribution in [0.5, 0.6) is 0 Å². The molecule has 0 amide bonds. The number of halogens is 1. The van der Waals surface area contributed by atoms with Crippen molar-refractivity contribution in [2.45, 2.75) is 26.2 Å². The van der Waals surface area contributed by atoms with Gasteiger partial charge in [-0.05, 0) is 90.4 Å². The van der Waals surface area contributed by atoms with Crippen molar-refractivity contribution < 1.29 is 25.5 Å². The standard InChI is InChI=1S/C53H38FN5.Pt/c1-35-25-30-49(55-34-35)58(43-22-11-6-12-23-43)44-24-14-21-40(31-44)53(38-17-7-4-8-18-38,39-19-9-5-10-20-39)41-26-28-45-46-33-42(54)27-29-48(46)59-51(47(45)32-41)56-57-52(59)50-36(2)15-13-16-37(50)3;/h4-30,33-34H,1-3H3;/q-2;+2. The summed E-state index contributed by atoms with van der Waals surface area (Å²) in [6.45, 7) is 6.22. The van der Waals surface area contributed by atoms with Gasteiger partial charge < -0.3 is 9.30 Å². The average molecular weight is 959 g/mol. The number of nitrogens with zero attached hydrogens (tertiary/aromatic N) is 5. The van der Waals surface area contributed by atoms with E-state index in [-0.39, 0.29) is 26.9 Å². The number of fused-ring (bicyclic) bond motifs is 6. The summed E-state index contributed by atoms with van der Waals surface area (Å²) in [5.74, 6) is 1.17. The van der Waals surface area contributed by atoms with Gasteiger partial charge in [-0.1, -0.05) is 120 Å². The van der Waals surface area contributed by atoms with Crippen LogP contribution in [-0.4, -0.2) is 19.6 Å². The van der Waals surface area contributed by atoms with Crippen molar-refractivity contribution >= 4 is 44.5 Å². The number of hydrogen-bond acceptors (Lipinski definition) is 4. The van der Waals surface area contributed by atoms with E-state index in [1.165, 1.54) is 6.07 Å². The molecule has 0 saturated carbocycles. The minimum Gasteiger partial charge on any atom is -0.319 e. The number of para-hydroxylation sites is 1. The van der Waals surface area contributed by atoms with Crippen molar-refractivity contribution in [2.75, 3.05) is 4.90 Å². The fourth-order valence-electron chi connectivity index (χ4n) is 8.72. The molecule has 0 spiro atoms. The minimum atomic E-state index is -0.918. The Kier molecular flexibility index (Phi) is 10.2. The summed E-state index contributed by atoms with van der Waals surface area (Å²) in [6, 6.07) is 65.0.